The summed E-state index contributed by atoms with van der Waals surface area (Å²) in [5.41, 5.74) is 0.673. The second-order valence-corrected chi connectivity index (χ2v) is 4.97. The van der Waals surface area contributed by atoms with Gasteiger partial charge in [0, 0.05) is 25.2 Å². The van der Waals surface area contributed by atoms with Crippen molar-refractivity contribution in [2.45, 2.75) is 26.8 Å². The van der Waals surface area contributed by atoms with E-state index in [0.717, 1.165) is 0 Å². The predicted octanol–water partition coefficient (Wildman–Crippen LogP) is 3.03. The quantitative estimate of drug-likeness (QED) is 0.840. The number of benzene rings is 1. The maximum atomic E-state index is 12.3. The molecule has 5 nitrogen and oxygen atoms in total. The highest BCUT2D eigenvalue weighted by atomic mass is 35.5. The van der Waals surface area contributed by atoms with Crippen LogP contribution >= 0.6 is 11.6 Å². The lowest BCUT2D eigenvalue weighted by molar-refractivity contribution is -0.131. The largest absolute Gasteiger partial charge is 0.495 e. The third-order valence-corrected chi connectivity index (χ3v) is 3.59. The molecule has 0 spiro atoms. The number of methoxy groups -OCH3 is 2. The molecule has 1 unspecified atom stereocenters. The van der Waals surface area contributed by atoms with Crippen LogP contribution in [0.4, 0.5) is 5.69 Å². The molecule has 0 fully saturated rings. The van der Waals surface area contributed by atoms with Crippen LogP contribution in [0.1, 0.15) is 20.8 Å². The summed E-state index contributed by atoms with van der Waals surface area (Å²) >= 11 is 6.07. The summed E-state index contributed by atoms with van der Waals surface area (Å²) in [4.78, 5) is 14.1. The summed E-state index contributed by atoms with van der Waals surface area (Å²) in [5.74, 6) is 1.14. The van der Waals surface area contributed by atoms with Crippen molar-refractivity contribution in [3.63, 3.8) is 0 Å². The van der Waals surface area contributed by atoms with E-state index in [4.69, 9.17) is 21.1 Å². The van der Waals surface area contributed by atoms with Crippen molar-refractivity contribution in [3.8, 4) is 11.5 Å². The van der Waals surface area contributed by atoms with Gasteiger partial charge in [0.25, 0.3) is 0 Å². The van der Waals surface area contributed by atoms with Gasteiger partial charge in [-0.15, -0.1) is 0 Å². The number of amides is 1. The average molecular weight is 315 g/mol. The zero-order valence-electron chi connectivity index (χ0n) is 13.2. The zero-order chi connectivity index (χ0) is 16.0. The van der Waals surface area contributed by atoms with Crippen LogP contribution in [0.5, 0.6) is 11.5 Å². The SMILES string of the molecule is CCN(CC)C(=O)C(C)Nc1cc(OC)c(Cl)cc1OC. The molecule has 0 saturated heterocycles. The molecule has 0 aliphatic carbocycles. The van der Waals surface area contributed by atoms with Crippen LogP contribution in [0.2, 0.25) is 5.02 Å². The number of rotatable bonds is 7. The number of ether oxygens (including phenoxy) is 2. The van der Waals surface area contributed by atoms with Crippen LogP contribution in [0.15, 0.2) is 12.1 Å². The molecule has 1 amide bonds. The normalized spacial score (nSPS) is 11.7. The number of hydrogen-bond acceptors (Lipinski definition) is 4. The number of carbonyl (C=O) groups excluding carboxylic acids is 1. The van der Waals surface area contributed by atoms with Crippen LogP contribution in [0.25, 0.3) is 0 Å². The number of likely N-dealkylation sites (N-methyl/N-ethyl adjacent to an activating group) is 1. The summed E-state index contributed by atoms with van der Waals surface area (Å²) in [6, 6.07) is 3.02. The number of halogens is 1. The third kappa shape index (κ3) is 4.17. The molecule has 0 aliphatic rings. The van der Waals surface area contributed by atoms with Gasteiger partial charge in [-0.25, -0.2) is 0 Å². The van der Waals surface area contributed by atoms with Crippen molar-refractivity contribution < 1.29 is 14.3 Å². The molecule has 118 valence electrons. The Hall–Kier alpha value is -1.62. The van der Waals surface area contributed by atoms with E-state index in [-0.39, 0.29) is 11.9 Å². The molecule has 1 N–H and O–H groups in total. The van der Waals surface area contributed by atoms with Gasteiger partial charge in [0.15, 0.2) is 0 Å². The van der Waals surface area contributed by atoms with Gasteiger partial charge in [0.2, 0.25) is 5.91 Å². The van der Waals surface area contributed by atoms with Crippen molar-refractivity contribution in [2.75, 3.05) is 32.6 Å². The van der Waals surface area contributed by atoms with E-state index >= 15 is 0 Å². The number of carbonyl (C=O) groups is 1. The Balaban J connectivity index is 2.98. The first-order chi connectivity index (χ1) is 9.98. The van der Waals surface area contributed by atoms with Gasteiger partial charge in [-0.1, -0.05) is 11.6 Å². The van der Waals surface area contributed by atoms with Gasteiger partial charge in [-0.2, -0.15) is 0 Å². The molecule has 0 bridgehead atoms. The van der Waals surface area contributed by atoms with E-state index in [1.807, 2.05) is 20.8 Å². The number of hydrogen-bond donors (Lipinski definition) is 1. The van der Waals surface area contributed by atoms with Crippen LogP contribution in [0, 0.1) is 0 Å². The standard InChI is InChI=1S/C15H23ClN2O3/c1-6-18(7-2)15(19)10(3)17-12-9-13(20-4)11(16)8-14(12)21-5/h8-10,17H,6-7H2,1-5H3. The topological polar surface area (TPSA) is 50.8 Å². The minimum Gasteiger partial charge on any atom is -0.495 e. The summed E-state index contributed by atoms with van der Waals surface area (Å²) in [6.07, 6.45) is 0. The predicted molar refractivity (Wildman–Crippen MR) is 85.6 cm³/mol. The van der Waals surface area contributed by atoms with Crippen LogP contribution < -0.4 is 14.8 Å². The monoisotopic (exact) mass is 314 g/mol. The number of nitrogens with one attached hydrogen (secondary N) is 1. The van der Waals surface area contributed by atoms with Crippen LogP contribution in [-0.4, -0.2) is 44.2 Å². The zero-order valence-corrected chi connectivity index (χ0v) is 14.0. The van der Waals surface area contributed by atoms with E-state index in [2.05, 4.69) is 5.32 Å². The Morgan fingerprint density at radius 3 is 2.29 bits per heavy atom. The highest BCUT2D eigenvalue weighted by molar-refractivity contribution is 6.32. The van der Waals surface area contributed by atoms with Gasteiger partial charge >= 0.3 is 0 Å². The molecule has 6 heteroatoms. The first kappa shape index (κ1) is 17.4. The van der Waals surface area contributed by atoms with Crippen molar-refractivity contribution in [1.29, 1.82) is 0 Å². The summed E-state index contributed by atoms with van der Waals surface area (Å²) in [5, 5.41) is 3.62. The molecular weight excluding hydrogens is 292 g/mol. The molecule has 1 aromatic rings. The Morgan fingerprint density at radius 1 is 1.24 bits per heavy atom. The molecular formula is C15H23ClN2O3. The fourth-order valence-electron chi connectivity index (χ4n) is 2.08. The Labute approximate surface area is 131 Å². The first-order valence-electron chi connectivity index (χ1n) is 6.95. The second kappa shape index (κ2) is 7.98. The lowest BCUT2D eigenvalue weighted by Gasteiger charge is -2.25. The molecule has 1 rings (SSSR count). The van der Waals surface area contributed by atoms with Crippen molar-refractivity contribution in [1.82, 2.24) is 4.90 Å². The lowest BCUT2D eigenvalue weighted by atomic mass is 10.2. The minimum absolute atomic E-state index is 0.0379. The van der Waals surface area contributed by atoms with E-state index in [0.29, 0.717) is 35.3 Å². The summed E-state index contributed by atoms with van der Waals surface area (Å²) < 4.78 is 10.5. The molecule has 1 atom stereocenters. The average Bonchev–Trinajstić information content (AvgIpc) is 2.49. The Morgan fingerprint density at radius 2 is 1.81 bits per heavy atom. The molecule has 0 heterocycles. The van der Waals surface area contributed by atoms with E-state index in [1.54, 1.807) is 31.3 Å². The third-order valence-electron chi connectivity index (χ3n) is 3.29. The molecule has 0 radical (unpaired) electrons. The number of nitrogens with zero attached hydrogens (tertiary/aromatic N) is 1. The van der Waals surface area contributed by atoms with E-state index in [9.17, 15) is 4.79 Å². The highest BCUT2D eigenvalue weighted by Crippen LogP contribution is 2.36. The van der Waals surface area contributed by atoms with Gasteiger partial charge in [0.05, 0.1) is 24.9 Å². The van der Waals surface area contributed by atoms with Gasteiger partial charge in [-0.05, 0) is 20.8 Å². The summed E-state index contributed by atoms with van der Waals surface area (Å²) in [7, 11) is 3.10. The molecule has 21 heavy (non-hydrogen) atoms. The maximum absolute atomic E-state index is 12.3. The van der Waals surface area contributed by atoms with Crippen LogP contribution in [-0.2, 0) is 4.79 Å². The summed E-state index contributed by atoms with van der Waals surface area (Å²) in [6.45, 7) is 7.10. The van der Waals surface area contributed by atoms with Crippen molar-refractivity contribution in [2.24, 2.45) is 0 Å². The van der Waals surface area contributed by atoms with E-state index in [1.165, 1.54) is 0 Å². The lowest BCUT2D eigenvalue weighted by Crippen LogP contribution is -2.41. The minimum atomic E-state index is -0.371. The Kier molecular flexibility index (Phi) is 6.62. The maximum Gasteiger partial charge on any atom is 0.244 e. The van der Waals surface area contributed by atoms with Gasteiger partial charge in [0.1, 0.15) is 17.5 Å². The fourth-order valence-corrected chi connectivity index (χ4v) is 2.31. The number of anilines is 1. The molecule has 0 aromatic heterocycles. The first-order valence-corrected chi connectivity index (χ1v) is 7.33. The smallest absolute Gasteiger partial charge is 0.244 e. The molecule has 0 saturated carbocycles. The van der Waals surface area contributed by atoms with Gasteiger partial charge < -0.3 is 19.7 Å². The second-order valence-electron chi connectivity index (χ2n) is 4.56. The Bertz CT molecular complexity index is 490. The van der Waals surface area contributed by atoms with Crippen molar-refractivity contribution in [3.05, 3.63) is 17.2 Å². The molecule has 1 aromatic carbocycles. The van der Waals surface area contributed by atoms with E-state index < -0.39 is 0 Å². The molecule has 0 aliphatic heterocycles. The highest BCUT2D eigenvalue weighted by Gasteiger charge is 2.20. The van der Waals surface area contributed by atoms with Crippen molar-refractivity contribution >= 4 is 23.2 Å². The van der Waals surface area contributed by atoms with Crippen LogP contribution in [0.3, 0.4) is 0 Å². The fraction of sp³-hybridized carbons (Fsp3) is 0.533. The van der Waals surface area contributed by atoms with Gasteiger partial charge in [-0.3, -0.25) is 4.79 Å².